The van der Waals surface area contributed by atoms with Gasteiger partial charge in [0.1, 0.15) is 4.88 Å². The molecule has 0 saturated heterocycles. The lowest BCUT2D eigenvalue weighted by Gasteiger charge is -1.98. The zero-order chi connectivity index (χ0) is 13.1. The number of nitrogens with two attached hydrogens (primary N) is 1. The minimum atomic E-state index is -0.372. The number of nitrogen functional groups attached to an aromatic ring is 1. The van der Waals surface area contributed by atoms with E-state index in [1.807, 2.05) is 30.3 Å². The number of hydrogen-bond acceptors (Lipinski definition) is 4. The van der Waals surface area contributed by atoms with Gasteiger partial charge in [0.2, 0.25) is 0 Å². The van der Waals surface area contributed by atoms with Crippen LogP contribution in [-0.2, 0) is 4.74 Å². The van der Waals surface area contributed by atoms with E-state index in [2.05, 4.69) is 15.9 Å². The van der Waals surface area contributed by atoms with E-state index in [0.29, 0.717) is 17.2 Å². The Balaban J connectivity index is 2.46. The van der Waals surface area contributed by atoms with E-state index in [1.165, 1.54) is 11.3 Å². The van der Waals surface area contributed by atoms with E-state index in [9.17, 15) is 4.79 Å². The number of halogens is 1. The molecule has 0 spiro atoms. The minimum Gasteiger partial charge on any atom is -0.462 e. The molecule has 18 heavy (non-hydrogen) atoms. The molecule has 1 aromatic carbocycles. The Bertz CT molecular complexity index is 566. The van der Waals surface area contributed by atoms with Crippen molar-refractivity contribution in [1.82, 2.24) is 0 Å². The third kappa shape index (κ3) is 2.42. The van der Waals surface area contributed by atoms with Crippen LogP contribution in [0.25, 0.3) is 10.4 Å². The number of thiophene rings is 1. The van der Waals surface area contributed by atoms with E-state index < -0.39 is 0 Å². The highest BCUT2D eigenvalue weighted by Crippen LogP contribution is 2.42. The highest BCUT2D eigenvalue weighted by molar-refractivity contribution is 9.10. The maximum atomic E-state index is 11.7. The van der Waals surface area contributed by atoms with Crippen LogP contribution in [0.1, 0.15) is 16.6 Å². The van der Waals surface area contributed by atoms with Gasteiger partial charge in [0, 0.05) is 0 Å². The van der Waals surface area contributed by atoms with Crippen molar-refractivity contribution >= 4 is 38.9 Å². The highest BCUT2D eigenvalue weighted by Gasteiger charge is 2.21. The maximum absolute atomic E-state index is 11.7. The first-order valence-electron chi connectivity index (χ1n) is 5.45. The van der Waals surface area contributed by atoms with Crippen LogP contribution >= 0.6 is 27.3 Å². The third-order valence-corrected chi connectivity index (χ3v) is 4.70. The van der Waals surface area contributed by atoms with E-state index in [1.54, 1.807) is 6.92 Å². The monoisotopic (exact) mass is 325 g/mol. The first-order valence-corrected chi connectivity index (χ1v) is 7.06. The average molecular weight is 326 g/mol. The Labute approximate surface area is 118 Å². The summed E-state index contributed by atoms with van der Waals surface area (Å²) in [6, 6.07) is 9.79. The Hall–Kier alpha value is -1.33. The second-order valence-corrected chi connectivity index (χ2v) is 5.39. The number of rotatable bonds is 3. The number of carbonyl (C=O) groups is 1. The highest BCUT2D eigenvalue weighted by atomic mass is 79.9. The van der Waals surface area contributed by atoms with Gasteiger partial charge in [-0.15, -0.1) is 11.3 Å². The van der Waals surface area contributed by atoms with Crippen molar-refractivity contribution < 1.29 is 9.53 Å². The predicted molar refractivity (Wildman–Crippen MR) is 77.8 cm³/mol. The van der Waals surface area contributed by atoms with Crippen LogP contribution in [0.2, 0.25) is 0 Å². The quantitative estimate of drug-likeness (QED) is 0.869. The van der Waals surface area contributed by atoms with Gasteiger partial charge in [-0.05, 0) is 28.4 Å². The fourth-order valence-electron chi connectivity index (χ4n) is 1.55. The van der Waals surface area contributed by atoms with Gasteiger partial charge in [0.15, 0.2) is 0 Å². The fourth-order valence-corrected chi connectivity index (χ4v) is 3.36. The molecule has 0 radical (unpaired) electrons. The Morgan fingerprint density at radius 1 is 1.39 bits per heavy atom. The summed E-state index contributed by atoms with van der Waals surface area (Å²) in [7, 11) is 0. The van der Waals surface area contributed by atoms with Crippen molar-refractivity contribution in [1.29, 1.82) is 0 Å². The molecule has 0 bridgehead atoms. The van der Waals surface area contributed by atoms with Crippen LogP contribution in [0.3, 0.4) is 0 Å². The van der Waals surface area contributed by atoms with Crippen molar-refractivity contribution in [3.8, 4) is 10.4 Å². The molecule has 94 valence electrons. The number of benzene rings is 1. The van der Waals surface area contributed by atoms with Crippen LogP contribution in [0, 0.1) is 0 Å². The third-order valence-electron chi connectivity index (χ3n) is 2.38. The lowest BCUT2D eigenvalue weighted by molar-refractivity contribution is 0.0533. The number of anilines is 1. The van der Waals surface area contributed by atoms with E-state index in [0.717, 1.165) is 14.9 Å². The van der Waals surface area contributed by atoms with Crippen molar-refractivity contribution in [2.45, 2.75) is 6.92 Å². The van der Waals surface area contributed by atoms with Gasteiger partial charge in [0.05, 0.1) is 21.6 Å². The molecule has 1 heterocycles. The SMILES string of the molecule is CCOC(=O)c1sc(-c2ccccc2)c(Br)c1N. The average Bonchev–Trinajstić information content (AvgIpc) is 2.68. The molecule has 0 aliphatic heterocycles. The summed E-state index contributed by atoms with van der Waals surface area (Å²) in [5.41, 5.74) is 7.40. The number of carbonyl (C=O) groups excluding carboxylic acids is 1. The molecule has 0 aliphatic carbocycles. The molecule has 1 aromatic heterocycles. The largest absolute Gasteiger partial charge is 0.462 e. The molecule has 2 N–H and O–H groups in total. The van der Waals surface area contributed by atoms with Gasteiger partial charge in [-0.1, -0.05) is 30.3 Å². The zero-order valence-electron chi connectivity index (χ0n) is 9.77. The van der Waals surface area contributed by atoms with Gasteiger partial charge >= 0.3 is 5.97 Å². The number of esters is 1. The van der Waals surface area contributed by atoms with Crippen LogP contribution < -0.4 is 5.73 Å². The second kappa shape index (κ2) is 5.54. The van der Waals surface area contributed by atoms with Crippen molar-refractivity contribution in [2.24, 2.45) is 0 Å². The molecular formula is C13H12BrNO2S. The molecule has 2 aromatic rings. The lowest BCUT2D eigenvalue weighted by atomic mass is 10.2. The molecule has 2 rings (SSSR count). The van der Waals surface area contributed by atoms with E-state index >= 15 is 0 Å². The smallest absolute Gasteiger partial charge is 0.350 e. The van der Waals surface area contributed by atoms with Gasteiger partial charge in [-0.3, -0.25) is 0 Å². The van der Waals surface area contributed by atoms with E-state index in [4.69, 9.17) is 10.5 Å². The van der Waals surface area contributed by atoms with Crippen LogP contribution in [0.4, 0.5) is 5.69 Å². The van der Waals surface area contributed by atoms with Crippen LogP contribution in [0.15, 0.2) is 34.8 Å². The molecule has 0 fully saturated rings. The van der Waals surface area contributed by atoms with Crippen LogP contribution in [-0.4, -0.2) is 12.6 Å². The van der Waals surface area contributed by atoms with E-state index in [-0.39, 0.29) is 5.97 Å². The molecular weight excluding hydrogens is 314 g/mol. The number of hydrogen-bond donors (Lipinski definition) is 1. The molecule has 3 nitrogen and oxygen atoms in total. The Kier molecular flexibility index (Phi) is 4.04. The van der Waals surface area contributed by atoms with Gasteiger partial charge in [0.25, 0.3) is 0 Å². The van der Waals surface area contributed by atoms with Crippen LogP contribution in [0.5, 0.6) is 0 Å². The first-order chi connectivity index (χ1) is 8.65. The first kappa shape index (κ1) is 13.1. The summed E-state index contributed by atoms with van der Waals surface area (Å²) in [4.78, 5) is 13.1. The standard InChI is InChI=1S/C13H12BrNO2S/c1-2-17-13(16)12-10(15)9(14)11(18-12)8-6-4-3-5-7-8/h3-7H,2,15H2,1H3. The minimum absolute atomic E-state index is 0.342. The van der Waals surface area contributed by atoms with Crippen molar-refractivity contribution in [3.63, 3.8) is 0 Å². The predicted octanol–water partition coefficient (Wildman–Crippen LogP) is 3.94. The topological polar surface area (TPSA) is 52.3 Å². The fraction of sp³-hybridized carbons (Fsp3) is 0.154. The van der Waals surface area contributed by atoms with Crippen molar-refractivity contribution in [2.75, 3.05) is 12.3 Å². The lowest BCUT2D eigenvalue weighted by Crippen LogP contribution is -2.04. The zero-order valence-corrected chi connectivity index (χ0v) is 12.2. The summed E-state index contributed by atoms with van der Waals surface area (Å²) in [6.45, 7) is 2.11. The molecule has 0 aliphatic rings. The molecule has 0 unspecified atom stereocenters. The number of ether oxygens (including phenoxy) is 1. The maximum Gasteiger partial charge on any atom is 0.350 e. The van der Waals surface area contributed by atoms with Crippen molar-refractivity contribution in [3.05, 3.63) is 39.7 Å². The molecule has 0 atom stereocenters. The summed E-state index contributed by atoms with van der Waals surface area (Å²) >= 11 is 4.78. The summed E-state index contributed by atoms with van der Waals surface area (Å²) < 4.78 is 5.74. The Morgan fingerprint density at radius 3 is 2.67 bits per heavy atom. The summed E-state index contributed by atoms with van der Waals surface area (Å²) in [5.74, 6) is -0.372. The normalized spacial score (nSPS) is 10.3. The Morgan fingerprint density at radius 2 is 2.06 bits per heavy atom. The molecule has 0 amide bonds. The second-order valence-electron chi connectivity index (χ2n) is 3.57. The summed E-state index contributed by atoms with van der Waals surface area (Å²) in [5, 5.41) is 0. The molecule has 0 saturated carbocycles. The molecule has 5 heteroatoms. The van der Waals surface area contributed by atoms with Gasteiger partial charge in [-0.2, -0.15) is 0 Å². The van der Waals surface area contributed by atoms with Gasteiger partial charge in [-0.25, -0.2) is 4.79 Å². The summed E-state index contributed by atoms with van der Waals surface area (Å²) in [6.07, 6.45) is 0. The van der Waals surface area contributed by atoms with Gasteiger partial charge < -0.3 is 10.5 Å².